The first-order valence-corrected chi connectivity index (χ1v) is 9.60. The Labute approximate surface area is 184 Å². The van der Waals surface area contributed by atoms with E-state index in [-0.39, 0.29) is 35.8 Å². The second-order valence-electron chi connectivity index (χ2n) is 6.36. The lowest BCUT2D eigenvalue weighted by atomic mass is 10.1. The molecule has 0 unspecified atom stereocenters. The molecule has 2 amide bonds. The van der Waals surface area contributed by atoms with Gasteiger partial charge in [-0.2, -0.15) is 5.10 Å². The zero-order chi connectivity index (χ0) is 23.5. The smallest absolute Gasteiger partial charge is 0.407 e. The predicted octanol–water partition coefficient (Wildman–Crippen LogP) is 2.42. The monoisotopic (exact) mass is 444 g/mol. The van der Waals surface area contributed by atoms with Crippen LogP contribution in [0.25, 0.3) is 0 Å². The molecule has 0 aliphatic carbocycles. The van der Waals surface area contributed by atoms with E-state index in [1.807, 2.05) is 30.3 Å². The minimum absolute atomic E-state index is 0.0888. The van der Waals surface area contributed by atoms with E-state index in [0.29, 0.717) is 0 Å². The highest BCUT2D eigenvalue weighted by atomic mass is 16.6. The molecule has 0 aromatic heterocycles. The van der Waals surface area contributed by atoms with Gasteiger partial charge in [-0.3, -0.25) is 14.9 Å². The second kappa shape index (κ2) is 11.9. The first kappa shape index (κ1) is 24.1. The Hall–Kier alpha value is -4.15. The average Bonchev–Trinajstić information content (AvgIpc) is 2.78. The largest absolute Gasteiger partial charge is 0.493 e. The van der Waals surface area contributed by atoms with Gasteiger partial charge in [0.2, 0.25) is 0 Å². The number of rotatable bonds is 10. The fraction of sp³-hybridized carbons (Fsp3) is 0.286. The van der Waals surface area contributed by atoms with Crippen molar-refractivity contribution in [2.24, 2.45) is 5.10 Å². The normalized spacial score (nSPS) is 11.5. The van der Waals surface area contributed by atoms with Gasteiger partial charge in [0.25, 0.3) is 11.6 Å². The minimum atomic E-state index is -0.978. The van der Waals surface area contributed by atoms with E-state index in [1.165, 1.54) is 26.4 Å². The third-order valence-electron chi connectivity index (χ3n) is 4.27. The van der Waals surface area contributed by atoms with Crippen LogP contribution in [0.5, 0.6) is 11.5 Å². The van der Waals surface area contributed by atoms with Gasteiger partial charge in [0.1, 0.15) is 6.04 Å². The van der Waals surface area contributed by atoms with Crippen LogP contribution in [-0.4, -0.2) is 50.0 Å². The standard InChI is InChI=1S/C21H24N4O7/c1-4-32-21(27)23-16(10-14-8-6-5-7-9-14)20(26)24-22-13-15-11-18(30-2)19(31-3)12-17(15)25(28)29/h5-9,11-13,16H,4,10H2,1-3H3,(H,23,27)(H,24,26)/b22-13-/t16-/m1/s1. The summed E-state index contributed by atoms with van der Waals surface area (Å²) in [6.07, 6.45) is 0.558. The zero-order valence-corrected chi connectivity index (χ0v) is 17.9. The molecule has 0 fully saturated rings. The summed E-state index contributed by atoms with van der Waals surface area (Å²) in [6.45, 7) is 1.79. The molecular weight excluding hydrogens is 420 g/mol. The van der Waals surface area contributed by atoms with Gasteiger partial charge >= 0.3 is 6.09 Å². The molecular formula is C21H24N4O7. The van der Waals surface area contributed by atoms with Gasteiger partial charge < -0.3 is 19.5 Å². The average molecular weight is 444 g/mol. The summed E-state index contributed by atoms with van der Waals surface area (Å²) in [5.74, 6) is -0.181. The lowest BCUT2D eigenvalue weighted by Gasteiger charge is -2.16. The van der Waals surface area contributed by atoms with Gasteiger partial charge in [0.05, 0.1) is 43.6 Å². The van der Waals surface area contributed by atoms with Crippen molar-refractivity contribution in [2.75, 3.05) is 20.8 Å². The summed E-state index contributed by atoms with van der Waals surface area (Å²) in [5.41, 5.74) is 2.91. The van der Waals surface area contributed by atoms with Crippen molar-refractivity contribution < 1.29 is 28.7 Å². The van der Waals surface area contributed by atoms with Crippen LogP contribution in [0.1, 0.15) is 18.1 Å². The zero-order valence-electron chi connectivity index (χ0n) is 17.9. The molecule has 11 heteroatoms. The van der Waals surface area contributed by atoms with Crippen LogP contribution in [0.3, 0.4) is 0 Å². The first-order chi connectivity index (χ1) is 15.4. The highest BCUT2D eigenvalue weighted by Gasteiger charge is 2.22. The highest BCUT2D eigenvalue weighted by molar-refractivity contribution is 5.90. The number of carbonyl (C=O) groups is 2. The first-order valence-electron chi connectivity index (χ1n) is 9.60. The summed E-state index contributed by atoms with van der Waals surface area (Å²) in [5, 5.41) is 17.7. The summed E-state index contributed by atoms with van der Waals surface area (Å²) in [4.78, 5) is 35.3. The molecule has 170 valence electrons. The number of benzene rings is 2. The number of nitrogens with one attached hydrogen (secondary N) is 2. The second-order valence-corrected chi connectivity index (χ2v) is 6.36. The molecule has 11 nitrogen and oxygen atoms in total. The van der Waals surface area contributed by atoms with Crippen LogP contribution in [0.15, 0.2) is 47.6 Å². The summed E-state index contributed by atoms with van der Waals surface area (Å²) >= 11 is 0. The molecule has 2 aromatic carbocycles. The number of nitrogens with zero attached hydrogens (tertiary/aromatic N) is 2. The number of alkyl carbamates (subject to hydrolysis) is 1. The maximum atomic E-state index is 12.6. The fourth-order valence-electron chi connectivity index (χ4n) is 2.76. The van der Waals surface area contributed by atoms with E-state index in [1.54, 1.807) is 6.92 Å². The summed E-state index contributed by atoms with van der Waals surface area (Å²) in [6, 6.07) is 10.7. The van der Waals surface area contributed by atoms with Gasteiger partial charge in [-0.05, 0) is 18.6 Å². The SMILES string of the molecule is CCOC(=O)N[C@H](Cc1ccccc1)C(=O)N/N=C\c1cc(OC)c(OC)cc1[N+](=O)[O-]. The van der Waals surface area contributed by atoms with Crippen molar-refractivity contribution in [1.29, 1.82) is 0 Å². The van der Waals surface area contributed by atoms with Crippen LogP contribution < -0.4 is 20.2 Å². The Kier molecular flexibility index (Phi) is 8.96. The number of hydrogen-bond donors (Lipinski definition) is 2. The molecule has 32 heavy (non-hydrogen) atoms. The van der Waals surface area contributed by atoms with E-state index in [2.05, 4.69) is 15.8 Å². The van der Waals surface area contributed by atoms with Crippen molar-refractivity contribution in [3.63, 3.8) is 0 Å². The third kappa shape index (κ3) is 6.69. The Balaban J connectivity index is 2.20. The maximum absolute atomic E-state index is 12.6. The Bertz CT molecular complexity index is 980. The van der Waals surface area contributed by atoms with Crippen molar-refractivity contribution in [2.45, 2.75) is 19.4 Å². The number of carbonyl (C=O) groups excluding carboxylic acids is 2. The molecule has 0 aliphatic rings. The number of nitro groups is 1. The molecule has 0 bridgehead atoms. The Morgan fingerprint density at radius 1 is 1.16 bits per heavy atom. The van der Waals surface area contributed by atoms with Crippen molar-refractivity contribution in [3.05, 3.63) is 63.7 Å². The van der Waals surface area contributed by atoms with Gasteiger partial charge in [0, 0.05) is 6.42 Å². The topological polar surface area (TPSA) is 141 Å². The molecule has 0 saturated heterocycles. The number of ether oxygens (including phenoxy) is 3. The molecule has 2 rings (SSSR count). The number of hydrogen-bond acceptors (Lipinski definition) is 8. The van der Waals surface area contributed by atoms with Gasteiger partial charge in [-0.25, -0.2) is 10.2 Å². The van der Waals surface area contributed by atoms with E-state index >= 15 is 0 Å². The van der Waals surface area contributed by atoms with Crippen LogP contribution >= 0.6 is 0 Å². The molecule has 0 saturated carbocycles. The molecule has 2 N–H and O–H groups in total. The van der Waals surface area contributed by atoms with Gasteiger partial charge in [-0.1, -0.05) is 30.3 Å². The van der Waals surface area contributed by atoms with Crippen molar-refractivity contribution in [3.8, 4) is 11.5 Å². The van der Waals surface area contributed by atoms with Crippen LogP contribution in [0.4, 0.5) is 10.5 Å². The lowest BCUT2D eigenvalue weighted by Crippen LogP contribution is -2.47. The number of methoxy groups -OCH3 is 2. The molecule has 1 atom stereocenters. The molecule has 0 radical (unpaired) electrons. The third-order valence-corrected chi connectivity index (χ3v) is 4.27. The van der Waals surface area contributed by atoms with E-state index in [4.69, 9.17) is 14.2 Å². The molecule has 0 heterocycles. The number of nitro benzene ring substituents is 1. The van der Waals surface area contributed by atoms with Gasteiger partial charge in [0.15, 0.2) is 11.5 Å². The highest BCUT2D eigenvalue weighted by Crippen LogP contribution is 2.33. The van der Waals surface area contributed by atoms with Crippen LogP contribution in [0.2, 0.25) is 0 Å². The van der Waals surface area contributed by atoms with E-state index in [9.17, 15) is 19.7 Å². The van der Waals surface area contributed by atoms with Gasteiger partial charge in [-0.15, -0.1) is 0 Å². The summed E-state index contributed by atoms with van der Waals surface area (Å²) < 4.78 is 15.1. The minimum Gasteiger partial charge on any atom is -0.493 e. The number of hydrazone groups is 1. The van der Waals surface area contributed by atoms with Crippen LogP contribution in [-0.2, 0) is 16.0 Å². The molecule has 2 aromatic rings. The predicted molar refractivity (Wildman–Crippen MR) is 116 cm³/mol. The van der Waals surface area contributed by atoms with E-state index < -0.39 is 23.0 Å². The maximum Gasteiger partial charge on any atom is 0.407 e. The van der Waals surface area contributed by atoms with Crippen molar-refractivity contribution >= 4 is 23.9 Å². The summed E-state index contributed by atoms with van der Waals surface area (Å²) in [7, 11) is 2.75. The fourth-order valence-corrected chi connectivity index (χ4v) is 2.76. The number of amides is 2. The Morgan fingerprint density at radius 2 is 1.81 bits per heavy atom. The lowest BCUT2D eigenvalue weighted by molar-refractivity contribution is -0.385. The van der Waals surface area contributed by atoms with E-state index in [0.717, 1.165) is 11.8 Å². The molecule has 0 aliphatic heterocycles. The Morgan fingerprint density at radius 3 is 2.41 bits per heavy atom. The van der Waals surface area contributed by atoms with Crippen LogP contribution in [0, 0.1) is 10.1 Å². The quantitative estimate of drug-likeness (QED) is 0.326. The van der Waals surface area contributed by atoms with Crippen molar-refractivity contribution in [1.82, 2.24) is 10.7 Å². The molecule has 0 spiro atoms.